The molecular formula is C15H25N5O4S3. The molecule has 27 heavy (non-hydrogen) atoms. The second-order valence-corrected chi connectivity index (χ2v) is 11.3. The van der Waals surface area contributed by atoms with Crippen LogP contribution in [-0.2, 0) is 21.2 Å². The smallest absolute Gasteiger partial charge is 0.269 e. The van der Waals surface area contributed by atoms with Gasteiger partial charge in [0.15, 0.2) is 21.6 Å². The molecule has 1 unspecified atom stereocenters. The first-order valence-corrected chi connectivity index (χ1v) is 11.6. The van der Waals surface area contributed by atoms with Crippen LogP contribution in [0.4, 0.5) is 5.69 Å². The van der Waals surface area contributed by atoms with Crippen LogP contribution < -0.4 is 10.6 Å². The largest absolute Gasteiger partial charge is 0.504 e. The van der Waals surface area contributed by atoms with Crippen LogP contribution in [0.25, 0.3) is 0 Å². The van der Waals surface area contributed by atoms with Crippen molar-refractivity contribution in [2.75, 3.05) is 19.4 Å². The predicted octanol–water partition coefficient (Wildman–Crippen LogP) is 1.92. The topological polar surface area (TPSA) is 123 Å². The van der Waals surface area contributed by atoms with Gasteiger partial charge in [-0.1, -0.05) is 27.7 Å². The van der Waals surface area contributed by atoms with Crippen molar-refractivity contribution in [1.82, 2.24) is 9.62 Å². The van der Waals surface area contributed by atoms with Crippen molar-refractivity contribution in [3.05, 3.63) is 5.38 Å². The van der Waals surface area contributed by atoms with Gasteiger partial charge in [0.2, 0.25) is 0 Å². The maximum Gasteiger partial charge on any atom is 0.269 e. The fourth-order valence-electron chi connectivity index (χ4n) is 2.43. The van der Waals surface area contributed by atoms with Crippen molar-refractivity contribution < 1.29 is 17.7 Å². The van der Waals surface area contributed by atoms with E-state index in [4.69, 9.17) is 0 Å². The number of aromatic hydroxyl groups is 1. The standard InChI is InChI=1S/C15H25N5O4S3/c1-7-10(15(2,3)4)17-13-12(18-26(22)19-13)16-9-8-25-14(11(9)21)27(23,24)20(5)6/h8,10,21H,7H2,1-6H3,(H,16,18)(H,17,19)/t10-,26?/m0/s1. The average Bonchev–Trinajstić information content (AvgIpc) is 3.07. The molecule has 0 radical (unpaired) electrons. The summed E-state index contributed by atoms with van der Waals surface area (Å²) in [4.78, 5) is 0. The lowest BCUT2D eigenvalue weighted by molar-refractivity contribution is 0.290. The van der Waals surface area contributed by atoms with Gasteiger partial charge in [0.05, 0.1) is 5.69 Å². The summed E-state index contributed by atoms with van der Waals surface area (Å²) < 4.78 is 45.1. The minimum atomic E-state index is -3.77. The van der Waals surface area contributed by atoms with Gasteiger partial charge in [0.25, 0.3) is 21.2 Å². The van der Waals surface area contributed by atoms with E-state index >= 15 is 0 Å². The number of sulfonamides is 1. The highest BCUT2D eigenvalue weighted by atomic mass is 32.2. The van der Waals surface area contributed by atoms with Gasteiger partial charge in [0, 0.05) is 25.5 Å². The summed E-state index contributed by atoms with van der Waals surface area (Å²) in [5, 5.41) is 17.9. The Kier molecular flexibility index (Phi) is 6.34. The third kappa shape index (κ3) is 4.68. The molecule has 12 heteroatoms. The third-order valence-electron chi connectivity index (χ3n) is 4.03. The van der Waals surface area contributed by atoms with Crippen molar-refractivity contribution in [2.24, 2.45) is 14.2 Å². The normalized spacial score (nSPS) is 19.0. The first kappa shape index (κ1) is 21.8. The first-order valence-electron chi connectivity index (χ1n) is 8.24. The molecule has 0 spiro atoms. The van der Waals surface area contributed by atoms with E-state index in [0.717, 1.165) is 22.1 Å². The van der Waals surface area contributed by atoms with E-state index in [2.05, 4.69) is 40.2 Å². The molecule has 152 valence electrons. The zero-order chi connectivity index (χ0) is 20.6. The third-order valence-corrected chi connectivity index (χ3v) is 8.01. The number of thiophene rings is 1. The van der Waals surface area contributed by atoms with Gasteiger partial charge in [-0.15, -0.1) is 20.1 Å². The number of amidine groups is 2. The molecule has 1 aliphatic heterocycles. The maximum absolute atomic E-state index is 12.2. The van der Waals surface area contributed by atoms with Crippen LogP contribution in [0.1, 0.15) is 34.1 Å². The lowest BCUT2D eigenvalue weighted by atomic mass is 9.85. The molecule has 0 aromatic carbocycles. The summed E-state index contributed by atoms with van der Waals surface area (Å²) in [5.41, 5.74) is 0.0978. The highest BCUT2D eigenvalue weighted by Crippen LogP contribution is 2.38. The van der Waals surface area contributed by atoms with Gasteiger partial charge >= 0.3 is 0 Å². The number of nitrogens with zero attached hydrogens (tertiary/aromatic N) is 3. The Morgan fingerprint density at radius 2 is 1.89 bits per heavy atom. The minimum absolute atomic E-state index is 0.0547. The van der Waals surface area contributed by atoms with Crippen LogP contribution in [0.3, 0.4) is 0 Å². The van der Waals surface area contributed by atoms with E-state index in [0.29, 0.717) is 5.84 Å². The number of rotatable bonds is 5. The SMILES string of the molecule is CC[C@H](NC1=NS(=O)N=C1Nc1csc(S(=O)(=O)N(C)C)c1O)C(C)(C)C. The predicted molar refractivity (Wildman–Crippen MR) is 110 cm³/mol. The molecule has 0 fully saturated rings. The zero-order valence-electron chi connectivity index (χ0n) is 16.1. The maximum atomic E-state index is 12.2. The summed E-state index contributed by atoms with van der Waals surface area (Å²) in [6.45, 7) is 8.26. The summed E-state index contributed by atoms with van der Waals surface area (Å²) in [5.74, 6) is 0.104. The summed E-state index contributed by atoms with van der Waals surface area (Å²) in [6.07, 6.45) is 0.817. The zero-order valence-corrected chi connectivity index (χ0v) is 18.5. The van der Waals surface area contributed by atoms with Gasteiger partial charge in [-0.2, -0.15) is 0 Å². The molecule has 1 aromatic heterocycles. The number of anilines is 1. The van der Waals surface area contributed by atoms with E-state index in [1.54, 1.807) is 0 Å². The molecule has 0 amide bonds. The van der Waals surface area contributed by atoms with Crippen molar-refractivity contribution >= 4 is 49.9 Å². The minimum Gasteiger partial charge on any atom is -0.504 e. The number of hydrogen-bond acceptors (Lipinski definition) is 7. The number of hydrogen-bond donors (Lipinski definition) is 3. The lowest BCUT2D eigenvalue weighted by Gasteiger charge is -2.31. The first-order chi connectivity index (χ1) is 12.4. The van der Waals surface area contributed by atoms with Gasteiger partial charge in [-0.25, -0.2) is 16.9 Å². The Bertz CT molecular complexity index is 897. The fraction of sp³-hybridized carbons (Fsp3) is 0.600. The van der Waals surface area contributed by atoms with Gasteiger partial charge in [-0.05, 0) is 11.8 Å². The molecule has 3 N–H and O–H groups in total. The van der Waals surface area contributed by atoms with Gasteiger partial charge in [0.1, 0.15) is 0 Å². The molecule has 1 aromatic rings. The highest BCUT2D eigenvalue weighted by Gasteiger charge is 2.30. The number of nitrogens with one attached hydrogen (secondary N) is 2. The molecule has 0 bridgehead atoms. The van der Waals surface area contributed by atoms with E-state index in [1.807, 2.05) is 6.92 Å². The Morgan fingerprint density at radius 1 is 1.30 bits per heavy atom. The second-order valence-electron chi connectivity index (χ2n) is 7.28. The molecule has 0 saturated heterocycles. The van der Waals surface area contributed by atoms with Crippen LogP contribution in [0.2, 0.25) is 0 Å². The van der Waals surface area contributed by atoms with Crippen molar-refractivity contribution in [3.8, 4) is 5.75 Å². The van der Waals surface area contributed by atoms with Crippen molar-refractivity contribution in [2.45, 2.75) is 44.4 Å². The monoisotopic (exact) mass is 435 g/mol. The van der Waals surface area contributed by atoms with Gasteiger partial charge < -0.3 is 15.7 Å². The summed E-state index contributed by atoms with van der Waals surface area (Å²) in [7, 11) is -0.997. The molecule has 0 aliphatic carbocycles. The van der Waals surface area contributed by atoms with E-state index in [-0.39, 0.29) is 27.2 Å². The molecule has 2 heterocycles. The molecular weight excluding hydrogens is 410 g/mol. The quantitative estimate of drug-likeness (QED) is 0.649. The summed E-state index contributed by atoms with van der Waals surface area (Å²) >= 11 is -0.894. The van der Waals surface area contributed by atoms with Crippen LogP contribution in [0, 0.1) is 5.41 Å². The van der Waals surface area contributed by atoms with Crippen LogP contribution >= 0.6 is 11.3 Å². The Labute approximate surface area is 166 Å². The lowest BCUT2D eigenvalue weighted by Crippen LogP contribution is -2.46. The van der Waals surface area contributed by atoms with E-state index in [9.17, 15) is 17.7 Å². The Balaban J connectivity index is 2.27. The molecule has 9 nitrogen and oxygen atoms in total. The van der Waals surface area contributed by atoms with E-state index < -0.39 is 26.9 Å². The van der Waals surface area contributed by atoms with Crippen molar-refractivity contribution in [1.29, 1.82) is 0 Å². The average molecular weight is 436 g/mol. The van der Waals surface area contributed by atoms with Crippen LogP contribution in [0.15, 0.2) is 18.4 Å². The van der Waals surface area contributed by atoms with Crippen molar-refractivity contribution in [3.63, 3.8) is 0 Å². The van der Waals surface area contributed by atoms with E-state index in [1.165, 1.54) is 19.5 Å². The van der Waals surface area contributed by atoms with Crippen LogP contribution in [0.5, 0.6) is 5.75 Å². The fourth-order valence-corrected chi connectivity index (χ4v) is 5.44. The van der Waals surface area contributed by atoms with Crippen LogP contribution in [-0.4, -0.2) is 53.8 Å². The molecule has 2 atom stereocenters. The molecule has 2 rings (SSSR count). The van der Waals surface area contributed by atoms with Gasteiger partial charge in [-0.3, -0.25) is 0 Å². The molecule has 1 aliphatic rings. The highest BCUT2D eigenvalue weighted by molar-refractivity contribution is 7.91. The second kappa shape index (κ2) is 7.86. The Morgan fingerprint density at radius 3 is 2.41 bits per heavy atom. The molecule has 0 saturated carbocycles. The summed E-state index contributed by atoms with van der Waals surface area (Å²) in [6, 6.07) is 0.0547. The Hall–Kier alpha value is -1.50.